The highest BCUT2D eigenvalue weighted by molar-refractivity contribution is 4.90. The molecule has 4 atom stereocenters. The second-order valence-electron chi connectivity index (χ2n) is 4.91. The average Bonchev–Trinajstić information content (AvgIpc) is 2.07. The minimum absolute atomic E-state index is 0.0221. The molecule has 0 saturated carbocycles. The predicted molar refractivity (Wildman–Crippen MR) is 57.3 cm³/mol. The number of aliphatic hydroxyl groups is 1. The van der Waals surface area contributed by atoms with E-state index in [4.69, 9.17) is 4.74 Å². The van der Waals surface area contributed by atoms with Crippen LogP contribution in [-0.2, 0) is 4.74 Å². The molecule has 0 aromatic carbocycles. The molecule has 1 saturated heterocycles. The number of likely N-dealkylation sites (N-methyl/N-ethyl adjacent to an activating group) is 1. The van der Waals surface area contributed by atoms with E-state index in [0.29, 0.717) is 5.92 Å². The molecule has 3 heteroatoms. The molecule has 1 aliphatic heterocycles. The van der Waals surface area contributed by atoms with Crippen LogP contribution in [0.5, 0.6) is 0 Å². The fourth-order valence-corrected chi connectivity index (χ4v) is 2.17. The third-order valence-corrected chi connectivity index (χ3v) is 3.01. The van der Waals surface area contributed by atoms with Crippen molar-refractivity contribution in [3.05, 3.63) is 0 Å². The van der Waals surface area contributed by atoms with E-state index in [0.717, 1.165) is 6.42 Å². The lowest BCUT2D eigenvalue weighted by atomic mass is 9.89. The largest absolute Gasteiger partial charge is 0.389 e. The van der Waals surface area contributed by atoms with Crippen LogP contribution in [0.3, 0.4) is 0 Å². The first kappa shape index (κ1) is 12.0. The highest BCUT2D eigenvalue weighted by Crippen LogP contribution is 2.27. The normalized spacial score (nSPS) is 39.4. The fraction of sp³-hybridized carbons (Fsp3) is 1.00. The summed E-state index contributed by atoms with van der Waals surface area (Å²) in [5, 5.41) is 10.1. The van der Waals surface area contributed by atoms with Crippen molar-refractivity contribution in [2.45, 2.75) is 51.5 Å². The lowest BCUT2D eigenvalue weighted by Crippen LogP contribution is -2.54. The maximum Gasteiger partial charge on any atom is 0.0959 e. The second-order valence-corrected chi connectivity index (χ2v) is 4.91. The van der Waals surface area contributed by atoms with Gasteiger partial charge in [0, 0.05) is 6.04 Å². The van der Waals surface area contributed by atoms with E-state index in [1.165, 1.54) is 0 Å². The van der Waals surface area contributed by atoms with Crippen molar-refractivity contribution in [3.63, 3.8) is 0 Å². The number of rotatable bonds is 2. The minimum Gasteiger partial charge on any atom is -0.389 e. The minimum atomic E-state index is -0.360. The van der Waals surface area contributed by atoms with Crippen molar-refractivity contribution in [2.75, 3.05) is 14.1 Å². The van der Waals surface area contributed by atoms with Crippen molar-refractivity contribution < 1.29 is 9.84 Å². The molecule has 0 bridgehead atoms. The average molecular weight is 201 g/mol. The highest BCUT2D eigenvalue weighted by atomic mass is 16.5. The summed E-state index contributed by atoms with van der Waals surface area (Å²) in [5.41, 5.74) is 0. The lowest BCUT2D eigenvalue weighted by Gasteiger charge is -2.42. The first-order valence-electron chi connectivity index (χ1n) is 5.43. The van der Waals surface area contributed by atoms with Gasteiger partial charge >= 0.3 is 0 Å². The van der Waals surface area contributed by atoms with Crippen LogP contribution in [-0.4, -0.2) is 48.5 Å². The van der Waals surface area contributed by atoms with Gasteiger partial charge in [-0.05, 0) is 33.4 Å². The smallest absolute Gasteiger partial charge is 0.0959 e. The molecular weight excluding hydrogens is 178 g/mol. The highest BCUT2D eigenvalue weighted by Gasteiger charge is 2.38. The SMILES string of the molecule is CC(C)[C@@H]1O[C@H](C)C[C@H](N(C)C)[C@H]1O. The Kier molecular flexibility index (Phi) is 3.93. The van der Waals surface area contributed by atoms with E-state index >= 15 is 0 Å². The predicted octanol–water partition coefficient (Wildman–Crippen LogP) is 1.11. The lowest BCUT2D eigenvalue weighted by molar-refractivity contribution is -0.157. The molecule has 1 rings (SSSR count). The Morgan fingerprint density at radius 2 is 1.93 bits per heavy atom. The summed E-state index contributed by atoms with van der Waals surface area (Å²) in [6.45, 7) is 6.27. The number of ether oxygens (including phenoxy) is 1. The van der Waals surface area contributed by atoms with Gasteiger partial charge in [0.2, 0.25) is 0 Å². The molecule has 0 aromatic rings. The molecule has 0 aliphatic carbocycles. The summed E-state index contributed by atoms with van der Waals surface area (Å²) in [7, 11) is 4.03. The van der Waals surface area contributed by atoms with E-state index in [-0.39, 0.29) is 24.4 Å². The molecule has 84 valence electrons. The van der Waals surface area contributed by atoms with Gasteiger partial charge in [-0.15, -0.1) is 0 Å². The van der Waals surface area contributed by atoms with Crippen molar-refractivity contribution >= 4 is 0 Å². The van der Waals surface area contributed by atoms with Crippen LogP contribution in [0.15, 0.2) is 0 Å². The maximum absolute atomic E-state index is 10.1. The Morgan fingerprint density at radius 1 is 1.36 bits per heavy atom. The molecule has 0 aromatic heterocycles. The van der Waals surface area contributed by atoms with E-state index in [1.54, 1.807) is 0 Å². The third kappa shape index (κ3) is 2.47. The summed E-state index contributed by atoms with van der Waals surface area (Å²) in [4.78, 5) is 2.10. The molecule has 1 heterocycles. The quantitative estimate of drug-likeness (QED) is 0.726. The molecule has 0 unspecified atom stereocenters. The Balaban J connectivity index is 2.70. The van der Waals surface area contributed by atoms with E-state index in [1.807, 2.05) is 14.1 Å². The van der Waals surface area contributed by atoms with Crippen molar-refractivity contribution in [2.24, 2.45) is 5.92 Å². The molecule has 0 radical (unpaired) electrons. The van der Waals surface area contributed by atoms with Crippen molar-refractivity contribution in [1.82, 2.24) is 4.90 Å². The maximum atomic E-state index is 10.1. The molecule has 0 spiro atoms. The number of hydrogen-bond acceptors (Lipinski definition) is 3. The zero-order valence-corrected chi connectivity index (χ0v) is 9.90. The van der Waals surface area contributed by atoms with Gasteiger partial charge in [-0.3, -0.25) is 0 Å². The zero-order valence-electron chi connectivity index (χ0n) is 9.90. The van der Waals surface area contributed by atoms with Crippen molar-refractivity contribution in [1.29, 1.82) is 0 Å². The molecular formula is C11H23NO2. The van der Waals surface area contributed by atoms with Gasteiger partial charge < -0.3 is 14.7 Å². The van der Waals surface area contributed by atoms with Gasteiger partial charge in [0.05, 0.1) is 18.3 Å². The Labute approximate surface area is 87.1 Å². The molecule has 1 N–H and O–H groups in total. The van der Waals surface area contributed by atoms with Gasteiger partial charge in [-0.25, -0.2) is 0 Å². The summed E-state index contributed by atoms with van der Waals surface area (Å²) >= 11 is 0. The van der Waals surface area contributed by atoms with Crippen LogP contribution in [0.25, 0.3) is 0 Å². The van der Waals surface area contributed by atoms with Gasteiger partial charge in [-0.1, -0.05) is 13.8 Å². The van der Waals surface area contributed by atoms with Crippen LogP contribution in [0, 0.1) is 5.92 Å². The molecule has 3 nitrogen and oxygen atoms in total. The van der Waals surface area contributed by atoms with E-state index in [9.17, 15) is 5.11 Å². The van der Waals surface area contributed by atoms with Crippen LogP contribution < -0.4 is 0 Å². The summed E-state index contributed by atoms with van der Waals surface area (Å²) in [6, 6.07) is 0.228. The molecule has 14 heavy (non-hydrogen) atoms. The first-order valence-corrected chi connectivity index (χ1v) is 5.43. The van der Waals surface area contributed by atoms with Crippen LogP contribution >= 0.6 is 0 Å². The topological polar surface area (TPSA) is 32.7 Å². The van der Waals surface area contributed by atoms with Crippen LogP contribution in [0.4, 0.5) is 0 Å². The Hall–Kier alpha value is -0.120. The van der Waals surface area contributed by atoms with E-state index < -0.39 is 0 Å². The molecule has 1 aliphatic rings. The number of hydrogen-bond donors (Lipinski definition) is 1. The second kappa shape index (κ2) is 4.60. The van der Waals surface area contributed by atoms with Crippen LogP contribution in [0.1, 0.15) is 27.2 Å². The molecule has 0 amide bonds. The number of aliphatic hydroxyl groups excluding tert-OH is 1. The van der Waals surface area contributed by atoms with Crippen LogP contribution in [0.2, 0.25) is 0 Å². The van der Waals surface area contributed by atoms with Gasteiger partial charge in [-0.2, -0.15) is 0 Å². The van der Waals surface area contributed by atoms with Gasteiger partial charge in [0.1, 0.15) is 0 Å². The fourth-order valence-electron chi connectivity index (χ4n) is 2.17. The Bertz CT molecular complexity index is 164. The monoisotopic (exact) mass is 201 g/mol. The third-order valence-electron chi connectivity index (χ3n) is 3.01. The standard InChI is InChI=1S/C11H23NO2/c1-7(2)11-10(13)9(12(4)5)6-8(3)14-11/h7-11,13H,6H2,1-5H3/t8-,9+,10-,11+/m1/s1. The van der Waals surface area contributed by atoms with Crippen molar-refractivity contribution in [3.8, 4) is 0 Å². The van der Waals surface area contributed by atoms with Gasteiger partial charge in [0.15, 0.2) is 0 Å². The summed E-state index contributed by atoms with van der Waals surface area (Å²) < 4.78 is 5.76. The Morgan fingerprint density at radius 3 is 2.36 bits per heavy atom. The van der Waals surface area contributed by atoms with Gasteiger partial charge in [0.25, 0.3) is 0 Å². The zero-order chi connectivity index (χ0) is 10.9. The van der Waals surface area contributed by atoms with E-state index in [2.05, 4.69) is 25.7 Å². The number of nitrogens with zero attached hydrogens (tertiary/aromatic N) is 1. The molecule has 1 fully saturated rings. The summed E-state index contributed by atoms with van der Waals surface area (Å²) in [5.74, 6) is 0.371. The summed E-state index contributed by atoms with van der Waals surface area (Å²) in [6.07, 6.45) is 0.780. The first-order chi connectivity index (χ1) is 6.43.